The van der Waals surface area contributed by atoms with Gasteiger partial charge in [-0.05, 0) is 51.1 Å². The molecule has 0 aliphatic carbocycles. The van der Waals surface area contributed by atoms with Crippen LogP contribution in [0.2, 0.25) is 5.02 Å². The molecule has 1 aromatic heterocycles. The average Bonchev–Trinajstić information content (AvgIpc) is 3.06. The number of amides is 1. The Hall–Kier alpha value is -1.63. The lowest BCUT2D eigenvalue weighted by atomic mass is 9.95. The Morgan fingerprint density at radius 2 is 2.19 bits per heavy atom. The first kappa shape index (κ1) is 20.1. The molecule has 0 N–H and O–H groups in total. The molecule has 1 amide bonds. The number of carbonyl (C=O) groups is 1. The summed E-state index contributed by atoms with van der Waals surface area (Å²) in [6.45, 7) is 5.84. The number of carbonyl (C=O) groups excluding carboxylic acids is 1. The average molecular weight is 408 g/mol. The lowest BCUT2D eigenvalue weighted by Crippen LogP contribution is -2.42. The molecule has 0 saturated carbocycles. The van der Waals surface area contributed by atoms with Crippen LogP contribution in [0.25, 0.3) is 0 Å². The third-order valence-corrected chi connectivity index (χ3v) is 5.91. The minimum absolute atomic E-state index is 0.106. The van der Waals surface area contributed by atoms with Crippen molar-refractivity contribution < 1.29 is 9.53 Å². The van der Waals surface area contributed by atoms with Crippen LogP contribution in [0, 0.1) is 12.8 Å². The first-order valence-electron chi connectivity index (χ1n) is 9.28. The fraction of sp³-hybridized carbons (Fsp3) is 0.500. The number of benzene rings is 1. The van der Waals surface area contributed by atoms with Gasteiger partial charge in [-0.1, -0.05) is 17.7 Å². The van der Waals surface area contributed by atoms with Crippen molar-refractivity contribution in [2.75, 3.05) is 33.3 Å². The van der Waals surface area contributed by atoms with Crippen LogP contribution in [-0.4, -0.2) is 54.0 Å². The normalized spacial score (nSPS) is 15.7. The SMILES string of the molecule is Cc1nc(CN2CCC(C(=O)N(C)CCOc3cccc(Cl)c3)CC2)cs1. The molecule has 1 aliphatic heterocycles. The summed E-state index contributed by atoms with van der Waals surface area (Å²) >= 11 is 7.64. The summed E-state index contributed by atoms with van der Waals surface area (Å²) in [5.41, 5.74) is 1.14. The van der Waals surface area contributed by atoms with Gasteiger partial charge in [0.25, 0.3) is 0 Å². The summed E-state index contributed by atoms with van der Waals surface area (Å²) in [5, 5.41) is 3.88. The van der Waals surface area contributed by atoms with E-state index in [1.54, 1.807) is 22.3 Å². The third kappa shape index (κ3) is 5.92. The number of likely N-dealkylation sites (tertiary alicyclic amines) is 1. The molecule has 0 spiro atoms. The van der Waals surface area contributed by atoms with E-state index in [0.717, 1.165) is 48.9 Å². The van der Waals surface area contributed by atoms with E-state index in [-0.39, 0.29) is 11.8 Å². The van der Waals surface area contributed by atoms with Gasteiger partial charge in [-0.15, -0.1) is 11.3 Å². The molecule has 1 fully saturated rings. The van der Waals surface area contributed by atoms with Crippen molar-refractivity contribution in [1.82, 2.24) is 14.8 Å². The lowest BCUT2D eigenvalue weighted by molar-refractivity contribution is -0.136. The zero-order chi connectivity index (χ0) is 19.2. The molecule has 2 heterocycles. The van der Waals surface area contributed by atoms with Crippen LogP contribution >= 0.6 is 22.9 Å². The standard InChI is InChI=1S/C20H26ClN3O2S/c1-15-22-18(14-27-15)13-24-8-6-16(7-9-24)20(25)23(2)10-11-26-19-5-3-4-17(21)12-19/h3-5,12,14,16H,6-11,13H2,1-2H3. The summed E-state index contributed by atoms with van der Waals surface area (Å²) in [6.07, 6.45) is 1.81. The van der Waals surface area contributed by atoms with E-state index in [0.29, 0.717) is 18.2 Å². The topological polar surface area (TPSA) is 45.7 Å². The van der Waals surface area contributed by atoms with Gasteiger partial charge in [0.2, 0.25) is 5.91 Å². The second-order valence-corrected chi connectivity index (χ2v) is 8.47. The fourth-order valence-corrected chi connectivity index (χ4v) is 4.11. The Morgan fingerprint density at radius 3 is 2.85 bits per heavy atom. The largest absolute Gasteiger partial charge is 0.492 e. The van der Waals surface area contributed by atoms with E-state index in [1.807, 2.05) is 32.2 Å². The number of thiazole rings is 1. The van der Waals surface area contributed by atoms with Gasteiger partial charge < -0.3 is 9.64 Å². The van der Waals surface area contributed by atoms with Crippen molar-refractivity contribution in [3.63, 3.8) is 0 Å². The first-order chi connectivity index (χ1) is 13.0. The van der Waals surface area contributed by atoms with Gasteiger partial charge in [-0.3, -0.25) is 9.69 Å². The van der Waals surface area contributed by atoms with Crippen LogP contribution in [-0.2, 0) is 11.3 Å². The number of hydrogen-bond acceptors (Lipinski definition) is 5. The predicted molar refractivity (Wildman–Crippen MR) is 109 cm³/mol. The Morgan fingerprint density at radius 1 is 1.41 bits per heavy atom. The molecule has 0 bridgehead atoms. The molecule has 1 aromatic carbocycles. The van der Waals surface area contributed by atoms with Crippen molar-refractivity contribution >= 4 is 28.8 Å². The molecule has 2 aromatic rings. The second-order valence-electron chi connectivity index (χ2n) is 6.97. The summed E-state index contributed by atoms with van der Waals surface area (Å²) in [4.78, 5) is 21.4. The highest BCUT2D eigenvalue weighted by Gasteiger charge is 2.27. The molecule has 7 heteroatoms. The summed E-state index contributed by atoms with van der Waals surface area (Å²) in [7, 11) is 1.86. The maximum atomic E-state index is 12.7. The van der Waals surface area contributed by atoms with Gasteiger partial charge in [0.15, 0.2) is 0 Å². The number of ether oxygens (including phenoxy) is 1. The Balaban J connectivity index is 1.39. The highest BCUT2D eigenvalue weighted by atomic mass is 35.5. The van der Waals surface area contributed by atoms with Gasteiger partial charge in [-0.25, -0.2) is 4.98 Å². The zero-order valence-electron chi connectivity index (χ0n) is 15.9. The highest BCUT2D eigenvalue weighted by molar-refractivity contribution is 7.09. The first-order valence-corrected chi connectivity index (χ1v) is 10.5. The van der Waals surface area contributed by atoms with Crippen LogP contribution in [0.3, 0.4) is 0 Å². The maximum Gasteiger partial charge on any atom is 0.225 e. The quantitative estimate of drug-likeness (QED) is 0.699. The van der Waals surface area contributed by atoms with Crippen LogP contribution in [0.4, 0.5) is 0 Å². The maximum absolute atomic E-state index is 12.7. The van der Waals surface area contributed by atoms with Crippen LogP contribution < -0.4 is 4.74 Å². The Kier molecular flexibility index (Phi) is 7.10. The van der Waals surface area contributed by atoms with Gasteiger partial charge in [0.05, 0.1) is 17.2 Å². The number of piperidine rings is 1. The summed E-state index contributed by atoms with van der Waals surface area (Å²) < 4.78 is 5.69. The van der Waals surface area contributed by atoms with Gasteiger partial charge in [-0.2, -0.15) is 0 Å². The predicted octanol–water partition coefficient (Wildman–Crippen LogP) is 3.85. The lowest BCUT2D eigenvalue weighted by Gasteiger charge is -2.32. The van der Waals surface area contributed by atoms with Gasteiger partial charge >= 0.3 is 0 Å². The zero-order valence-corrected chi connectivity index (χ0v) is 17.4. The number of aryl methyl sites for hydroxylation is 1. The second kappa shape index (κ2) is 9.53. The van der Waals surface area contributed by atoms with E-state index in [2.05, 4.69) is 15.3 Å². The minimum atomic E-state index is 0.106. The van der Waals surface area contributed by atoms with E-state index in [9.17, 15) is 4.79 Å². The Labute approximate surface area is 169 Å². The fourth-order valence-electron chi connectivity index (χ4n) is 3.33. The summed E-state index contributed by atoms with van der Waals surface area (Å²) in [6, 6.07) is 7.31. The number of hydrogen-bond donors (Lipinski definition) is 0. The molecule has 0 unspecified atom stereocenters. The molecular weight excluding hydrogens is 382 g/mol. The van der Waals surface area contributed by atoms with Crippen molar-refractivity contribution in [3.05, 3.63) is 45.4 Å². The molecule has 1 aliphatic rings. The van der Waals surface area contributed by atoms with Crippen molar-refractivity contribution in [1.29, 1.82) is 0 Å². The molecule has 5 nitrogen and oxygen atoms in total. The van der Waals surface area contributed by atoms with Crippen molar-refractivity contribution in [3.8, 4) is 5.75 Å². The minimum Gasteiger partial charge on any atom is -0.492 e. The number of halogens is 1. The molecule has 0 atom stereocenters. The molecule has 0 radical (unpaired) electrons. The number of rotatable bonds is 7. The van der Waals surface area contributed by atoms with E-state index < -0.39 is 0 Å². The molecule has 1 saturated heterocycles. The number of likely N-dealkylation sites (N-methyl/N-ethyl adjacent to an activating group) is 1. The smallest absolute Gasteiger partial charge is 0.225 e. The highest BCUT2D eigenvalue weighted by Crippen LogP contribution is 2.22. The van der Waals surface area contributed by atoms with Crippen LogP contribution in [0.5, 0.6) is 5.75 Å². The monoisotopic (exact) mass is 407 g/mol. The van der Waals surface area contributed by atoms with Crippen molar-refractivity contribution in [2.24, 2.45) is 5.92 Å². The van der Waals surface area contributed by atoms with E-state index in [1.165, 1.54) is 0 Å². The molecule has 146 valence electrons. The van der Waals surface area contributed by atoms with Gasteiger partial charge in [0.1, 0.15) is 12.4 Å². The number of nitrogens with zero attached hydrogens (tertiary/aromatic N) is 3. The Bertz CT molecular complexity index is 759. The van der Waals surface area contributed by atoms with Crippen molar-refractivity contribution in [2.45, 2.75) is 26.3 Å². The molecule has 27 heavy (non-hydrogen) atoms. The number of aromatic nitrogens is 1. The van der Waals surface area contributed by atoms with Crippen LogP contribution in [0.1, 0.15) is 23.5 Å². The van der Waals surface area contributed by atoms with Gasteiger partial charge in [0, 0.05) is 29.9 Å². The van der Waals surface area contributed by atoms with Crippen LogP contribution in [0.15, 0.2) is 29.6 Å². The molecular formula is C20H26ClN3O2S. The summed E-state index contributed by atoms with van der Waals surface area (Å²) in [5.74, 6) is 1.05. The van der Waals surface area contributed by atoms with E-state index in [4.69, 9.17) is 16.3 Å². The molecule has 3 rings (SSSR count). The third-order valence-electron chi connectivity index (χ3n) is 4.86. The van der Waals surface area contributed by atoms with E-state index >= 15 is 0 Å².